The Hall–Kier alpha value is -3.68. The molecule has 0 unspecified atom stereocenters. The molecule has 34 heavy (non-hydrogen) atoms. The van der Waals surface area contributed by atoms with E-state index in [1.165, 1.54) is 28.8 Å². The smallest absolute Gasteiger partial charge is 0.270 e. The van der Waals surface area contributed by atoms with Gasteiger partial charge < -0.3 is 10.1 Å². The molecule has 4 rings (SSSR count). The Morgan fingerprint density at radius 3 is 2.65 bits per heavy atom. The Morgan fingerprint density at radius 2 is 1.94 bits per heavy atom. The number of anilines is 1. The van der Waals surface area contributed by atoms with Gasteiger partial charge in [0.1, 0.15) is 6.54 Å². The second-order valence-electron chi connectivity index (χ2n) is 7.68. The fourth-order valence-electron chi connectivity index (χ4n) is 3.61. The van der Waals surface area contributed by atoms with E-state index in [0.29, 0.717) is 18.8 Å². The van der Waals surface area contributed by atoms with Crippen LogP contribution in [0.2, 0.25) is 0 Å². The summed E-state index contributed by atoms with van der Waals surface area (Å²) < 4.78 is 33.7. The van der Waals surface area contributed by atoms with Crippen LogP contribution in [-0.4, -0.2) is 59.4 Å². The highest BCUT2D eigenvalue weighted by molar-refractivity contribution is 7.89. The summed E-state index contributed by atoms with van der Waals surface area (Å²) in [6.07, 6.45) is 1.18. The fourth-order valence-corrected chi connectivity index (χ4v) is 5.27. The van der Waals surface area contributed by atoms with Gasteiger partial charge in [-0.25, -0.2) is 13.4 Å². The number of rotatable bonds is 6. The number of carbonyl (C=O) groups is 1. The lowest BCUT2D eigenvalue weighted by atomic mass is 10.2. The molecule has 1 amide bonds. The molecule has 0 atom stereocenters. The van der Waals surface area contributed by atoms with Crippen molar-refractivity contribution in [1.82, 2.24) is 13.9 Å². The van der Waals surface area contributed by atoms with Gasteiger partial charge in [0.2, 0.25) is 15.9 Å². The highest BCUT2D eigenvalue weighted by Gasteiger charge is 2.28. The van der Waals surface area contributed by atoms with Gasteiger partial charge in [0.15, 0.2) is 0 Å². The van der Waals surface area contributed by atoms with Crippen molar-refractivity contribution in [1.29, 1.82) is 0 Å². The number of amides is 1. The molecule has 178 valence electrons. The van der Waals surface area contributed by atoms with Crippen LogP contribution in [0.1, 0.15) is 5.56 Å². The number of nitro groups is 1. The first-order valence-electron chi connectivity index (χ1n) is 10.3. The van der Waals surface area contributed by atoms with Crippen molar-refractivity contribution in [3.05, 3.63) is 68.8 Å². The van der Waals surface area contributed by atoms with Crippen LogP contribution in [0.25, 0.3) is 10.9 Å². The van der Waals surface area contributed by atoms with Crippen molar-refractivity contribution in [2.75, 3.05) is 31.6 Å². The van der Waals surface area contributed by atoms with Crippen molar-refractivity contribution >= 4 is 38.2 Å². The molecule has 0 aliphatic carbocycles. The molecule has 1 aliphatic heterocycles. The number of hydrogen-bond acceptors (Lipinski definition) is 8. The first-order valence-corrected chi connectivity index (χ1v) is 11.7. The van der Waals surface area contributed by atoms with Crippen molar-refractivity contribution in [3.63, 3.8) is 0 Å². The minimum absolute atomic E-state index is 0.0127. The number of benzene rings is 2. The van der Waals surface area contributed by atoms with E-state index in [1.54, 1.807) is 19.1 Å². The topological polar surface area (TPSA) is 154 Å². The third kappa shape index (κ3) is 4.66. The molecule has 0 radical (unpaired) electrons. The van der Waals surface area contributed by atoms with E-state index in [2.05, 4.69) is 10.3 Å². The molecular weight excluding hydrogens is 466 g/mol. The van der Waals surface area contributed by atoms with E-state index in [-0.39, 0.29) is 40.3 Å². The molecule has 1 N–H and O–H groups in total. The van der Waals surface area contributed by atoms with Gasteiger partial charge in [-0.2, -0.15) is 4.31 Å². The number of aromatic nitrogens is 2. The van der Waals surface area contributed by atoms with Crippen LogP contribution in [0.5, 0.6) is 0 Å². The number of sulfonamides is 1. The average molecular weight is 487 g/mol. The summed E-state index contributed by atoms with van der Waals surface area (Å²) in [5.41, 5.74) is 0.176. The van der Waals surface area contributed by atoms with Crippen LogP contribution in [0, 0.1) is 17.0 Å². The molecule has 3 aromatic rings. The number of morpholine rings is 1. The van der Waals surface area contributed by atoms with E-state index < -0.39 is 33.0 Å². The molecule has 1 aromatic heterocycles. The van der Waals surface area contributed by atoms with Crippen LogP contribution >= 0.6 is 0 Å². The third-order valence-corrected chi connectivity index (χ3v) is 7.43. The summed E-state index contributed by atoms with van der Waals surface area (Å²) in [6.45, 7) is 2.37. The summed E-state index contributed by atoms with van der Waals surface area (Å²) >= 11 is 0. The van der Waals surface area contributed by atoms with E-state index in [0.717, 1.165) is 10.6 Å². The van der Waals surface area contributed by atoms with Crippen LogP contribution in [0.15, 0.2) is 52.4 Å². The molecule has 1 saturated heterocycles. The quantitative estimate of drug-likeness (QED) is 0.403. The Balaban J connectivity index is 1.56. The first-order chi connectivity index (χ1) is 16.2. The van der Waals surface area contributed by atoms with E-state index in [1.807, 2.05) is 0 Å². The first kappa shape index (κ1) is 23.5. The summed E-state index contributed by atoms with van der Waals surface area (Å²) in [6, 6.07) is 8.25. The predicted octanol–water partition coefficient (Wildman–Crippen LogP) is 1.27. The summed E-state index contributed by atoms with van der Waals surface area (Å²) in [5, 5.41) is 13.6. The van der Waals surface area contributed by atoms with Gasteiger partial charge in [-0.05, 0) is 30.7 Å². The molecule has 2 heterocycles. The standard InChI is InChI=1S/C21H21N5O7S/c1-14-2-3-15(10-19(14)34(31,32)25-6-8-33-9-7-25)23-20(27)12-24-13-22-18-5-4-16(26(29)30)11-17(18)21(24)28/h2-5,10-11,13H,6-9,12H2,1H3,(H,23,27). The molecule has 12 nitrogen and oxygen atoms in total. The van der Waals surface area contributed by atoms with Crippen molar-refractivity contribution in [2.45, 2.75) is 18.4 Å². The maximum Gasteiger partial charge on any atom is 0.270 e. The highest BCUT2D eigenvalue weighted by Crippen LogP contribution is 2.24. The van der Waals surface area contributed by atoms with Crippen LogP contribution < -0.4 is 10.9 Å². The summed E-state index contributed by atoms with van der Waals surface area (Å²) in [4.78, 5) is 39.9. The van der Waals surface area contributed by atoms with Crippen molar-refractivity contribution in [2.24, 2.45) is 0 Å². The fraction of sp³-hybridized carbons (Fsp3) is 0.286. The Labute approximate surface area is 194 Å². The van der Waals surface area contributed by atoms with E-state index in [9.17, 15) is 28.1 Å². The zero-order chi connectivity index (χ0) is 24.5. The number of ether oxygens (including phenoxy) is 1. The highest BCUT2D eigenvalue weighted by atomic mass is 32.2. The number of hydrogen-bond donors (Lipinski definition) is 1. The Bertz CT molecular complexity index is 1450. The normalized spacial score (nSPS) is 14.7. The lowest BCUT2D eigenvalue weighted by Crippen LogP contribution is -2.40. The molecule has 0 bridgehead atoms. The maximum atomic E-state index is 13.0. The number of non-ortho nitro benzene ring substituents is 1. The van der Waals surface area contributed by atoms with Gasteiger partial charge in [-0.1, -0.05) is 6.07 Å². The number of nitro benzene ring substituents is 1. The minimum Gasteiger partial charge on any atom is -0.379 e. The van der Waals surface area contributed by atoms with Crippen LogP contribution in [0.3, 0.4) is 0 Å². The van der Waals surface area contributed by atoms with Crippen LogP contribution in [0.4, 0.5) is 11.4 Å². The molecule has 13 heteroatoms. The van der Waals surface area contributed by atoms with Gasteiger partial charge >= 0.3 is 0 Å². The second kappa shape index (κ2) is 9.29. The second-order valence-corrected chi connectivity index (χ2v) is 9.59. The van der Waals surface area contributed by atoms with Crippen molar-refractivity contribution < 1.29 is 22.9 Å². The Morgan fingerprint density at radius 1 is 1.21 bits per heavy atom. The van der Waals surface area contributed by atoms with Gasteiger partial charge in [0, 0.05) is 30.9 Å². The average Bonchev–Trinajstić information content (AvgIpc) is 2.82. The number of aryl methyl sites for hydroxylation is 1. The molecular formula is C21H21N5O7S. The summed E-state index contributed by atoms with van der Waals surface area (Å²) in [5.74, 6) is -0.591. The zero-order valence-corrected chi connectivity index (χ0v) is 18.9. The number of fused-ring (bicyclic) bond motifs is 1. The molecule has 1 aliphatic rings. The van der Waals surface area contributed by atoms with E-state index >= 15 is 0 Å². The molecule has 0 saturated carbocycles. The van der Waals surface area contributed by atoms with Crippen LogP contribution in [-0.2, 0) is 26.1 Å². The Kier molecular flexibility index (Phi) is 6.41. The monoisotopic (exact) mass is 487 g/mol. The lowest BCUT2D eigenvalue weighted by Gasteiger charge is -2.26. The molecule has 0 spiro atoms. The van der Waals surface area contributed by atoms with Gasteiger partial charge in [0.25, 0.3) is 11.2 Å². The van der Waals surface area contributed by atoms with Gasteiger partial charge in [-0.15, -0.1) is 0 Å². The predicted molar refractivity (Wildman–Crippen MR) is 122 cm³/mol. The van der Waals surface area contributed by atoms with E-state index in [4.69, 9.17) is 4.74 Å². The van der Waals surface area contributed by atoms with Crippen molar-refractivity contribution in [3.8, 4) is 0 Å². The maximum absolute atomic E-state index is 13.0. The SMILES string of the molecule is Cc1ccc(NC(=O)Cn2cnc3ccc([N+](=O)[O-])cc3c2=O)cc1S(=O)(=O)N1CCOCC1. The third-order valence-electron chi connectivity index (χ3n) is 5.39. The summed E-state index contributed by atoms with van der Waals surface area (Å²) in [7, 11) is -3.77. The minimum atomic E-state index is -3.77. The molecule has 2 aromatic carbocycles. The largest absolute Gasteiger partial charge is 0.379 e. The van der Waals surface area contributed by atoms with Gasteiger partial charge in [0.05, 0.1) is 40.3 Å². The number of nitrogens with one attached hydrogen (secondary N) is 1. The number of carbonyl (C=O) groups excluding carboxylic acids is 1. The number of nitrogens with zero attached hydrogens (tertiary/aromatic N) is 4. The lowest BCUT2D eigenvalue weighted by molar-refractivity contribution is -0.384. The van der Waals surface area contributed by atoms with Gasteiger partial charge in [-0.3, -0.25) is 24.3 Å². The molecule has 1 fully saturated rings. The zero-order valence-electron chi connectivity index (χ0n) is 18.1.